The van der Waals surface area contributed by atoms with Gasteiger partial charge in [0.25, 0.3) is 5.56 Å². The molecule has 0 radical (unpaired) electrons. The molecule has 0 bridgehead atoms. The molecule has 140 valence electrons. The highest BCUT2D eigenvalue weighted by Crippen LogP contribution is 2.29. The van der Waals surface area contributed by atoms with Crippen LogP contribution in [-0.4, -0.2) is 31.4 Å². The maximum atomic E-state index is 13.3. The monoisotopic (exact) mass is 391 g/mol. The van der Waals surface area contributed by atoms with Crippen LogP contribution in [-0.2, 0) is 4.79 Å². The van der Waals surface area contributed by atoms with E-state index in [2.05, 4.69) is 4.98 Å². The Morgan fingerprint density at radius 2 is 1.86 bits per heavy atom. The maximum Gasteiger partial charge on any atom is 0.313 e. The highest BCUT2D eigenvalue weighted by molar-refractivity contribution is 7.99. The number of hydrogen-bond donors (Lipinski definition) is 2. The van der Waals surface area contributed by atoms with Crippen LogP contribution in [0.1, 0.15) is 5.56 Å². The van der Waals surface area contributed by atoms with E-state index in [1.807, 2.05) is 61.5 Å². The Labute approximate surface area is 164 Å². The van der Waals surface area contributed by atoms with Crippen LogP contribution in [0.15, 0.2) is 70.7 Å². The van der Waals surface area contributed by atoms with E-state index in [1.165, 1.54) is 4.57 Å². The number of aliphatic carboxylic acids is 1. The molecule has 0 spiro atoms. The Bertz CT molecular complexity index is 1230. The molecule has 28 heavy (non-hydrogen) atoms. The first-order chi connectivity index (χ1) is 13.6. The van der Waals surface area contributed by atoms with Crippen LogP contribution >= 0.6 is 11.8 Å². The van der Waals surface area contributed by atoms with E-state index in [0.29, 0.717) is 21.9 Å². The van der Waals surface area contributed by atoms with Crippen molar-refractivity contribution in [3.63, 3.8) is 0 Å². The third kappa shape index (κ3) is 3.20. The summed E-state index contributed by atoms with van der Waals surface area (Å²) in [5.41, 5.74) is 4.00. The van der Waals surface area contributed by atoms with Gasteiger partial charge < -0.3 is 10.1 Å². The van der Waals surface area contributed by atoms with Crippen molar-refractivity contribution < 1.29 is 9.90 Å². The normalized spacial score (nSPS) is 11.0. The lowest BCUT2D eigenvalue weighted by Crippen LogP contribution is -2.23. The Kier molecular flexibility index (Phi) is 4.75. The van der Waals surface area contributed by atoms with Crippen LogP contribution in [0.25, 0.3) is 27.8 Å². The summed E-state index contributed by atoms with van der Waals surface area (Å²) in [6.45, 7) is 1.90. The van der Waals surface area contributed by atoms with E-state index in [1.54, 1.807) is 6.20 Å². The summed E-state index contributed by atoms with van der Waals surface area (Å²) in [6, 6.07) is 17.1. The number of carbonyl (C=O) groups is 1. The minimum Gasteiger partial charge on any atom is -0.481 e. The fraction of sp³-hybridized carbons (Fsp3) is 0.0952. The van der Waals surface area contributed by atoms with Crippen LogP contribution in [0.4, 0.5) is 0 Å². The van der Waals surface area contributed by atoms with Gasteiger partial charge in [0, 0.05) is 11.8 Å². The van der Waals surface area contributed by atoms with Gasteiger partial charge in [0.15, 0.2) is 5.16 Å². The molecule has 0 aliphatic rings. The summed E-state index contributed by atoms with van der Waals surface area (Å²) >= 11 is 1.03. The Balaban J connectivity index is 2.00. The Hall–Kier alpha value is -3.32. The molecule has 0 fully saturated rings. The minimum absolute atomic E-state index is 0.186. The van der Waals surface area contributed by atoms with Gasteiger partial charge >= 0.3 is 5.97 Å². The zero-order chi connectivity index (χ0) is 19.7. The number of nitrogens with one attached hydrogen (secondary N) is 1. The Morgan fingerprint density at radius 3 is 2.57 bits per heavy atom. The average molecular weight is 391 g/mol. The van der Waals surface area contributed by atoms with Crippen LogP contribution in [0.2, 0.25) is 0 Å². The van der Waals surface area contributed by atoms with Gasteiger partial charge in [-0.2, -0.15) is 0 Å². The van der Waals surface area contributed by atoms with Crippen molar-refractivity contribution in [2.24, 2.45) is 0 Å². The summed E-state index contributed by atoms with van der Waals surface area (Å²) in [5.74, 6) is -1.15. The van der Waals surface area contributed by atoms with E-state index in [0.717, 1.165) is 28.5 Å². The molecule has 2 aromatic carbocycles. The van der Waals surface area contributed by atoms with Gasteiger partial charge in [-0.05, 0) is 24.1 Å². The van der Waals surface area contributed by atoms with E-state index < -0.39 is 5.97 Å². The molecule has 2 N–H and O–H groups in total. The third-order valence-corrected chi connectivity index (χ3v) is 5.36. The lowest BCUT2D eigenvalue weighted by Gasteiger charge is -2.14. The van der Waals surface area contributed by atoms with Crippen molar-refractivity contribution in [1.29, 1.82) is 0 Å². The smallest absolute Gasteiger partial charge is 0.313 e. The topological polar surface area (TPSA) is 88.0 Å². The van der Waals surface area contributed by atoms with Gasteiger partial charge in [-0.15, -0.1) is 0 Å². The van der Waals surface area contributed by atoms with Crippen LogP contribution in [0.5, 0.6) is 0 Å². The number of carboxylic acids is 1. The molecule has 0 aliphatic carbocycles. The maximum absolute atomic E-state index is 13.3. The number of benzene rings is 2. The largest absolute Gasteiger partial charge is 0.481 e. The summed E-state index contributed by atoms with van der Waals surface area (Å²) < 4.78 is 1.48. The van der Waals surface area contributed by atoms with Crippen molar-refractivity contribution >= 4 is 28.8 Å². The average Bonchev–Trinajstić information content (AvgIpc) is 3.12. The van der Waals surface area contributed by atoms with Gasteiger partial charge in [0.1, 0.15) is 11.0 Å². The Morgan fingerprint density at radius 1 is 1.14 bits per heavy atom. The molecule has 4 aromatic rings. The predicted molar refractivity (Wildman–Crippen MR) is 110 cm³/mol. The summed E-state index contributed by atoms with van der Waals surface area (Å²) in [7, 11) is 0. The van der Waals surface area contributed by atoms with Gasteiger partial charge in [0.05, 0.1) is 11.4 Å². The first-order valence-electron chi connectivity index (χ1n) is 8.66. The molecule has 7 heteroatoms. The highest BCUT2D eigenvalue weighted by atomic mass is 32.2. The minimum atomic E-state index is -0.965. The molecule has 0 atom stereocenters. The zero-order valence-electron chi connectivity index (χ0n) is 15.0. The fourth-order valence-electron chi connectivity index (χ4n) is 3.13. The molecule has 6 nitrogen and oxygen atoms in total. The third-order valence-electron chi connectivity index (χ3n) is 4.43. The van der Waals surface area contributed by atoms with E-state index >= 15 is 0 Å². The van der Waals surface area contributed by atoms with Crippen molar-refractivity contribution in [3.05, 3.63) is 76.7 Å². The molecule has 2 heterocycles. The predicted octanol–water partition coefficient (Wildman–Crippen LogP) is 3.87. The second kappa shape index (κ2) is 7.36. The number of fused-ring (bicyclic) bond motifs is 1. The SMILES string of the molecule is Cc1ccccc1-n1c(SCC(=O)O)nc2c(-c3ccccc3)c[nH]c2c1=O. The van der Waals surface area contributed by atoms with Crippen molar-refractivity contribution in [2.45, 2.75) is 12.1 Å². The standard InChI is InChI=1S/C21H17N3O3S/c1-13-7-5-6-10-16(13)24-20(27)19-18(23-21(24)28-12-17(25)26)15(11-22-19)14-8-3-2-4-9-14/h2-11,22H,12H2,1H3,(H,25,26). The number of aromatic nitrogens is 3. The second-order valence-electron chi connectivity index (χ2n) is 6.30. The van der Waals surface area contributed by atoms with Crippen molar-refractivity contribution in [1.82, 2.24) is 14.5 Å². The van der Waals surface area contributed by atoms with Gasteiger partial charge in [0.2, 0.25) is 0 Å². The lowest BCUT2D eigenvalue weighted by atomic mass is 10.1. The zero-order valence-corrected chi connectivity index (χ0v) is 15.9. The molecule has 0 saturated heterocycles. The van der Waals surface area contributed by atoms with Crippen LogP contribution in [0.3, 0.4) is 0 Å². The number of aromatic amines is 1. The lowest BCUT2D eigenvalue weighted by molar-refractivity contribution is -0.133. The molecule has 0 aliphatic heterocycles. The number of hydrogen-bond acceptors (Lipinski definition) is 4. The molecule has 2 aromatic heterocycles. The van der Waals surface area contributed by atoms with Crippen LogP contribution in [0, 0.1) is 6.92 Å². The number of aryl methyl sites for hydroxylation is 1. The molecule has 4 rings (SSSR count). The molecular formula is C21H17N3O3S. The van der Waals surface area contributed by atoms with Crippen molar-refractivity contribution in [2.75, 3.05) is 5.75 Å². The summed E-state index contributed by atoms with van der Waals surface area (Å²) in [6.07, 6.45) is 1.77. The van der Waals surface area contributed by atoms with Gasteiger partial charge in [-0.25, -0.2) is 4.98 Å². The summed E-state index contributed by atoms with van der Waals surface area (Å²) in [5, 5.41) is 9.48. The second-order valence-corrected chi connectivity index (χ2v) is 7.24. The van der Waals surface area contributed by atoms with E-state index in [9.17, 15) is 9.59 Å². The number of rotatable bonds is 5. The fourth-order valence-corrected chi connectivity index (χ4v) is 3.85. The first kappa shape index (κ1) is 18.1. The number of H-pyrrole nitrogens is 1. The first-order valence-corrected chi connectivity index (χ1v) is 9.65. The quantitative estimate of drug-likeness (QED) is 0.398. The molecular weight excluding hydrogens is 374 g/mol. The molecule has 0 saturated carbocycles. The number of carboxylic acid groups (broad SMARTS) is 1. The van der Waals surface area contributed by atoms with Crippen LogP contribution < -0.4 is 5.56 Å². The highest BCUT2D eigenvalue weighted by Gasteiger charge is 2.19. The molecule has 0 unspecified atom stereocenters. The summed E-state index contributed by atoms with van der Waals surface area (Å²) in [4.78, 5) is 32.2. The number of para-hydroxylation sites is 1. The van der Waals surface area contributed by atoms with E-state index in [4.69, 9.17) is 10.1 Å². The van der Waals surface area contributed by atoms with E-state index in [-0.39, 0.29) is 11.3 Å². The number of nitrogens with zero attached hydrogens (tertiary/aromatic N) is 2. The van der Waals surface area contributed by atoms with Gasteiger partial charge in [-0.3, -0.25) is 14.2 Å². The molecule has 0 amide bonds. The van der Waals surface area contributed by atoms with Gasteiger partial charge in [-0.1, -0.05) is 60.3 Å². The number of thioether (sulfide) groups is 1. The van der Waals surface area contributed by atoms with Crippen molar-refractivity contribution in [3.8, 4) is 16.8 Å².